The summed E-state index contributed by atoms with van der Waals surface area (Å²) in [7, 11) is 1.69. The molecule has 0 aliphatic rings. The van der Waals surface area contributed by atoms with Gasteiger partial charge in [-0.25, -0.2) is 13.6 Å². The lowest BCUT2D eigenvalue weighted by molar-refractivity contribution is 0.0702. The maximum atomic E-state index is 13.9. The molecule has 128 valence electrons. The quantitative estimate of drug-likeness (QED) is 0.695. The fourth-order valence-corrected chi connectivity index (χ4v) is 3.60. The molecule has 3 rings (SSSR count). The summed E-state index contributed by atoms with van der Waals surface area (Å²) >= 11 is 1.17. The molecular formula is C19H15F2NO2S. The number of halogens is 2. The topological polar surface area (TPSA) is 40.5 Å². The average Bonchev–Trinajstić information content (AvgIpc) is 3.04. The molecule has 1 aromatic heterocycles. The summed E-state index contributed by atoms with van der Waals surface area (Å²) in [4.78, 5) is 14.3. The van der Waals surface area contributed by atoms with Crippen molar-refractivity contribution in [1.29, 1.82) is 0 Å². The number of anilines is 1. The Morgan fingerprint density at radius 1 is 1.12 bits per heavy atom. The van der Waals surface area contributed by atoms with Crippen LogP contribution in [0.25, 0.3) is 10.4 Å². The third-order valence-electron chi connectivity index (χ3n) is 3.80. The standard InChI is InChI=1S/C19H15F2NO2S/c1-22(11-13-7-8-14(20)9-15(13)21)16-10-17(25-18(16)19(23)24)12-5-3-2-4-6-12/h2-10H,11H2,1H3,(H,23,24). The summed E-state index contributed by atoms with van der Waals surface area (Å²) in [6, 6.07) is 14.6. The molecule has 0 unspecified atom stereocenters. The van der Waals surface area contributed by atoms with E-state index in [4.69, 9.17) is 0 Å². The van der Waals surface area contributed by atoms with E-state index >= 15 is 0 Å². The molecule has 1 N–H and O–H groups in total. The number of benzene rings is 2. The van der Waals surface area contributed by atoms with E-state index in [2.05, 4.69) is 0 Å². The minimum atomic E-state index is -1.03. The summed E-state index contributed by atoms with van der Waals surface area (Å²) in [5.74, 6) is -2.33. The van der Waals surface area contributed by atoms with E-state index in [0.29, 0.717) is 11.3 Å². The Labute approximate surface area is 147 Å². The van der Waals surface area contributed by atoms with Crippen molar-refractivity contribution in [2.24, 2.45) is 0 Å². The average molecular weight is 359 g/mol. The predicted octanol–water partition coefficient (Wildman–Crippen LogP) is 5.03. The second-order valence-electron chi connectivity index (χ2n) is 5.59. The van der Waals surface area contributed by atoms with Crippen molar-refractivity contribution in [2.45, 2.75) is 6.54 Å². The van der Waals surface area contributed by atoms with Gasteiger partial charge in [-0.2, -0.15) is 0 Å². The van der Waals surface area contributed by atoms with Gasteiger partial charge in [0, 0.05) is 30.1 Å². The van der Waals surface area contributed by atoms with Crippen molar-refractivity contribution in [3.05, 3.63) is 76.7 Å². The highest BCUT2D eigenvalue weighted by Gasteiger charge is 2.20. The normalized spacial score (nSPS) is 10.7. The number of hydrogen-bond acceptors (Lipinski definition) is 3. The third kappa shape index (κ3) is 3.69. The summed E-state index contributed by atoms with van der Waals surface area (Å²) < 4.78 is 26.9. The van der Waals surface area contributed by atoms with E-state index in [9.17, 15) is 18.7 Å². The van der Waals surface area contributed by atoms with Gasteiger partial charge >= 0.3 is 5.97 Å². The zero-order valence-corrected chi connectivity index (χ0v) is 14.2. The lowest BCUT2D eigenvalue weighted by Crippen LogP contribution is -2.18. The maximum Gasteiger partial charge on any atom is 0.348 e. The minimum Gasteiger partial charge on any atom is -0.477 e. The van der Waals surface area contributed by atoms with Crippen molar-refractivity contribution in [2.75, 3.05) is 11.9 Å². The smallest absolute Gasteiger partial charge is 0.348 e. The van der Waals surface area contributed by atoms with Gasteiger partial charge in [-0.05, 0) is 17.7 Å². The second-order valence-corrected chi connectivity index (χ2v) is 6.64. The van der Waals surface area contributed by atoms with Crippen molar-refractivity contribution in [3.63, 3.8) is 0 Å². The summed E-state index contributed by atoms with van der Waals surface area (Å²) in [6.45, 7) is 0.136. The number of carboxylic acid groups (broad SMARTS) is 1. The van der Waals surface area contributed by atoms with Crippen LogP contribution in [0.2, 0.25) is 0 Å². The fraction of sp³-hybridized carbons (Fsp3) is 0.105. The number of hydrogen-bond donors (Lipinski definition) is 1. The SMILES string of the molecule is CN(Cc1ccc(F)cc1F)c1cc(-c2ccccc2)sc1C(=O)O. The highest BCUT2D eigenvalue weighted by Crippen LogP contribution is 2.37. The van der Waals surface area contributed by atoms with E-state index < -0.39 is 17.6 Å². The summed E-state index contributed by atoms with van der Waals surface area (Å²) in [5, 5.41) is 9.49. The van der Waals surface area contributed by atoms with E-state index in [1.54, 1.807) is 18.0 Å². The molecule has 0 fully saturated rings. The van der Waals surface area contributed by atoms with E-state index in [0.717, 1.165) is 16.5 Å². The van der Waals surface area contributed by atoms with Gasteiger partial charge in [0.15, 0.2) is 0 Å². The van der Waals surface area contributed by atoms with Gasteiger partial charge in [0.1, 0.15) is 16.5 Å². The molecule has 3 aromatic rings. The Morgan fingerprint density at radius 2 is 1.84 bits per heavy atom. The molecule has 0 aliphatic carbocycles. The molecular weight excluding hydrogens is 344 g/mol. The van der Waals surface area contributed by atoms with Gasteiger partial charge < -0.3 is 10.0 Å². The van der Waals surface area contributed by atoms with Crippen LogP contribution in [0.3, 0.4) is 0 Å². The van der Waals surface area contributed by atoms with Crippen LogP contribution in [-0.2, 0) is 6.54 Å². The zero-order chi connectivity index (χ0) is 18.0. The molecule has 0 aliphatic heterocycles. The molecule has 0 atom stereocenters. The van der Waals surface area contributed by atoms with Crippen molar-refractivity contribution < 1.29 is 18.7 Å². The Morgan fingerprint density at radius 3 is 2.48 bits per heavy atom. The Balaban J connectivity index is 1.95. The summed E-state index contributed by atoms with van der Waals surface area (Å²) in [6.07, 6.45) is 0. The van der Waals surface area contributed by atoms with Gasteiger partial charge in [0.05, 0.1) is 5.69 Å². The highest BCUT2D eigenvalue weighted by molar-refractivity contribution is 7.18. The lowest BCUT2D eigenvalue weighted by atomic mass is 10.1. The van der Waals surface area contributed by atoms with Gasteiger partial charge in [-0.1, -0.05) is 36.4 Å². The van der Waals surface area contributed by atoms with Crippen LogP contribution in [0.15, 0.2) is 54.6 Å². The first-order valence-electron chi connectivity index (χ1n) is 7.53. The monoisotopic (exact) mass is 359 g/mol. The van der Waals surface area contributed by atoms with Crippen LogP contribution in [0.1, 0.15) is 15.2 Å². The zero-order valence-electron chi connectivity index (χ0n) is 13.4. The Hall–Kier alpha value is -2.73. The molecule has 1 heterocycles. The van der Waals surface area contributed by atoms with Crippen LogP contribution in [0.4, 0.5) is 14.5 Å². The van der Waals surface area contributed by atoms with Crippen LogP contribution in [0, 0.1) is 11.6 Å². The number of carboxylic acids is 1. The Kier molecular flexibility index (Phi) is 4.81. The second kappa shape index (κ2) is 7.03. The highest BCUT2D eigenvalue weighted by atomic mass is 32.1. The number of carbonyl (C=O) groups is 1. The first kappa shape index (κ1) is 17.1. The van der Waals surface area contributed by atoms with Gasteiger partial charge in [-0.15, -0.1) is 11.3 Å². The van der Waals surface area contributed by atoms with E-state index in [1.807, 2.05) is 30.3 Å². The third-order valence-corrected chi connectivity index (χ3v) is 4.96. The predicted molar refractivity (Wildman–Crippen MR) is 95.2 cm³/mol. The molecule has 2 aromatic carbocycles. The molecule has 0 saturated heterocycles. The maximum absolute atomic E-state index is 13.9. The number of nitrogens with zero attached hydrogens (tertiary/aromatic N) is 1. The molecule has 6 heteroatoms. The molecule has 0 saturated carbocycles. The lowest BCUT2D eigenvalue weighted by Gasteiger charge is -2.19. The van der Waals surface area contributed by atoms with E-state index in [1.165, 1.54) is 23.5 Å². The molecule has 0 radical (unpaired) electrons. The molecule has 0 bridgehead atoms. The minimum absolute atomic E-state index is 0.136. The van der Waals surface area contributed by atoms with E-state index in [-0.39, 0.29) is 11.4 Å². The number of thiophene rings is 1. The first-order valence-corrected chi connectivity index (χ1v) is 8.35. The molecule has 25 heavy (non-hydrogen) atoms. The molecule has 0 spiro atoms. The largest absolute Gasteiger partial charge is 0.477 e. The van der Waals surface area contributed by atoms with Crippen LogP contribution >= 0.6 is 11.3 Å². The van der Waals surface area contributed by atoms with Crippen molar-refractivity contribution in [3.8, 4) is 10.4 Å². The van der Waals surface area contributed by atoms with Crippen LogP contribution in [0.5, 0.6) is 0 Å². The van der Waals surface area contributed by atoms with Crippen LogP contribution < -0.4 is 4.90 Å². The number of aromatic carboxylic acids is 1. The molecule has 3 nitrogen and oxygen atoms in total. The van der Waals surface area contributed by atoms with Gasteiger partial charge in [-0.3, -0.25) is 0 Å². The summed E-state index contributed by atoms with van der Waals surface area (Å²) in [5.41, 5.74) is 1.72. The van der Waals surface area contributed by atoms with Crippen molar-refractivity contribution >= 4 is 23.0 Å². The first-order chi connectivity index (χ1) is 12.0. The fourth-order valence-electron chi connectivity index (χ4n) is 2.55. The van der Waals surface area contributed by atoms with Crippen LogP contribution in [-0.4, -0.2) is 18.1 Å². The van der Waals surface area contributed by atoms with Gasteiger partial charge in [0.25, 0.3) is 0 Å². The number of rotatable bonds is 5. The van der Waals surface area contributed by atoms with Gasteiger partial charge in [0.2, 0.25) is 0 Å². The molecule has 0 amide bonds. The van der Waals surface area contributed by atoms with Crippen molar-refractivity contribution in [1.82, 2.24) is 0 Å². The Bertz CT molecular complexity index is 909.